The maximum atomic E-state index is 5.96. The molecule has 0 spiro atoms. The highest BCUT2D eigenvalue weighted by Gasteiger charge is 2.15. The summed E-state index contributed by atoms with van der Waals surface area (Å²) < 4.78 is 13.2. The number of hydrogen-bond donors (Lipinski definition) is 1. The first-order valence-electron chi connectivity index (χ1n) is 5.52. The van der Waals surface area contributed by atoms with Gasteiger partial charge in [-0.15, -0.1) is 0 Å². The number of nitrogens with two attached hydrogens (primary N) is 1. The molecule has 0 saturated heterocycles. The number of nitrogen functional groups attached to an aromatic ring is 1. The molecule has 0 radical (unpaired) electrons. The fraction of sp³-hybridized carbons (Fsp3) is 0.250. The molecule has 1 aromatic heterocycles. The van der Waals surface area contributed by atoms with Gasteiger partial charge in [-0.2, -0.15) is 5.10 Å². The highest BCUT2D eigenvalue weighted by molar-refractivity contribution is 9.10. The first kappa shape index (κ1) is 11.4. The molecule has 0 saturated carbocycles. The van der Waals surface area contributed by atoms with E-state index >= 15 is 0 Å². The van der Waals surface area contributed by atoms with Gasteiger partial charge in [0.2, 0.25) is 6.79 Å². The van der Waals surface area contributed by atoms with Crippen LogP contribution in [0.25, 0.3) is 0 Å². The fourth-order valence-electron chi connectivity index (χ4n) is 1.91. The van der Waals surface area contributed by atoms with E-state index in [1.165, 1.54) is 0 Å². The smallest absolute Gasteiger partial charge is 0.231 e. The van der Waals surface area contributed by atoms with E-state index < -0.39 is 0 Å². The second-order valence-electron chi connectivity index (χ2n) is 4.13. The molecule has 18 heavy (non-hydrogen) atoms. The lowest BCUT2D eigenvalue weighted by molar-refractivity contribution is 0.174. The monoisotopic (exact) mass is 309 g/mol. The van der Waals surface area contributed by atoms with Gasteiger partial charge in [0.25, 0.3) is 0 Å². The summed E-state index contributed by atoms with van der Waals surface area (Å²) >= 11 is 3.41. The zero-order chi connectivity index (χ0) is 12.7. The molecule has 0 fully saturated rings. The minimum atomic E-state index is 0.285. The van der Waals surface area contributed by atoms with E-state index in [1.807, 2.05) is 25.1 Å². The van der Waals surface area contributed by atoms with Gasteiger partial charge in [0.05, 0.1) is 16.7 Å². The van der Waals surface area contributed by atoms with Gasteiger partial charge in [-0.1, -0.05) is 6.07 Å². The van der Waals surface area contributed by atoms with Gasteiger partial charge in [-0.25, -0.2) is 4.68 Å². The molecule has 6 heteroatoms. The van der Waals surface area contributed by atoms with Crippen LogP contribution in [0.3, 0.4) is 0 Å². The van der Waals surface area contributed by atoms with Crippen LogP contribution < -0.4 is 15.2 Å². The van der Waals surface area contributed by atoms with E-state index in [2.05, 4.69) is 21.0 Å². The van der Waals surface area contributed by atoms with Crippen molar-refractivity contribution in [3.05, 3.63) is 33.9 Å². The zero-order valence-electron chi connectivity index (χ0n) is 9.81. The molecule has 94 valence electrons. The summed E-state index contributed by atoms with van der Waals surface area (Å²) in [5.74, 6) is 2.18. The van der Waals surface area contributed by atoms with E-state index in [-0.39, 0.29) is 6.79 Å². The van der Waals surface area contributed by atoms with Crippen LogP contribution in [0.4, 0.5) is 5.82 Å². The summed E-state index contributed by atoms with van der Waals surface area (Å²) in [5, 5.41) is 4.37. The van der Waals surface area contributed by atoms with E-state index in [4.69, 9.17) is 15.2 Å². The highest BCUT2D eigenvalue weighted by Crippen LogP contribution is 2.33. The lowest BCUT2D eigenvalue weighted by Crippen LogP contribution is -2.06. The van der Waals surface area contributed by atoms with Crippen LogP contribution in [0.2, 0.25) is 0 Å². The van der Waals surface area contributed by atoms with Gasteiger partial charge in [-0.3, -0.25) is 0 Å². The van der Waals surface area contributed by atoms with Crippen LogP contribution in [0, 0.1) is 6.92 Å². The minimum absolute atomic E-state index is 0.285. The number of benzene rings is 1. The topological polar surface area (TPSA) is 62.3 Å². The van der Waals surface area contributed by atoms with Crippen molar-refractivity contribution in [3.8, 4) is 11.5 Å². The van der Waals surface area contributed by atoms with Crippen LogP contribution >= 0.6 is 15.9 Å². The zero-order valence-corrected chi connectivity index (χ0v) is 11.4. The predicted octanol–water partition coefficient (Wildman–Crippen LogP) is 2.31. The van der Waals surface area contributed by atoms with E-state index in [0.29, 0.717) is 12.4 Å². The number of ether oxygens (including phenoxy) is 2. The maximum Gasteiger partial charge on any atom is 0.231 e. The van der Waals surface area contributed by atoms with Gasteiger partial charge >= 0.3 is 0 Å². The molecule has 1 aliphatic rings. The summed E-state index contributed by atoms with van der Waals surface area (Å²) in [6, 6.07) is 5.84. The van der Waals surface area contributed by atoms with Crippen molar-refractivity contribution in [2.24, 2.45) is 0 Å². The molecular weight excluding hydrogens is 298 g/mol. The van der Waals surface area contributed by atoms with Crippen molar-refractivity contribution >= 4 is 21.7 Å². The van der Waals surface area contributed by atoms with E-state index in [9.17, 15) is 0 Å². The third-order valence-electron chi connectivity index (χ3n) is 2.86. The molecular formula is C12H12BrN3O2. The van der Waals surface area contributed by atoms with Gasteiger partial charge in [0.15, 0.2) is 11.5 Å². The predicted molar refractivity (Wildman–Crippen MR) is 70.7 cm³/mol. The Hall–Kier alpha value is -1.69. The van der Waals surface area contributed by atoms with Crippen molar-refractivity contribution < 1.29 is 9.47 Å². The summed E-state index contributed by atoms with van der Waals surface area (Å²) in [6.07, 6.45) is 0. The van der Waals surface area contributed by atoms with Gasteiger partial charge < -0.3 is 15.2 Å². The molecule has 0 amide bonds. The minimum Gasteiger partial charge on any atom is -0.454 e. The van der Waals surface area contributed by atoms with Crippen molar-refractivity contribution in [3.63, 3.8) is 0 Å². The van der Waals surface area contributed by atoms with Crippen molar-refractivity contribution in [2.75, 3.05) is 12.5 Å². The number of rotatable bonds is 2. The van der Waals surface area contributed by atoms with Gasteiger partial charge in [0, 0.05) is 0 Å². The van der Waals surface area contributed by atoms with Crippen LogP contribution in [-0.4, -0.2) is 16.6 Å². The third-order valence-corrected chi connectivity index (χ3v) is 3.84. The number of halogens is 1. The first-order valence-corrected chi connectivity index (χ1v) is 6.31. The fourth-order valence-corrected chi connectivity index (χ4v) is 2.19. The standard InChI is InChI=1S/C12H12BrN3O2/c1-7-11(13)12(14)16(15-7)5-8-2-3-9-10(4-8)18-6-17-9/h2-4H,5-6,14H2,1H3. The largest absolute Gasteiger partial charge is 0.454 e. The molecule has 5 nitrogen and oxygen atoms in total. The molecule has 2 heterocycles. The first-order chi connectivity index (χ1) is 8.65. The number of aryl methyl sites for hydroxylation is 1. The molecule has 0 atom stereocenters. The van der Waals surface area contributed by atoms with Crippen LogP contribution in [0.1, 0.15) is 11.3 Å². The van der Waals surface area contributed by atoms with Crippen molar-refractivity contribution in [1.82, 2.24) is 9.78 Å². The molecule has 2 N–H and O–H groups in total. The Labute approximate surface area is 113 Å². The molecule has 0 unspecified atom stereocenters. The molecule has 1 aromatic carbocycles. The Balaban J connectivity index is 1.90. The maximum absolute atomic E-state index is 5.96. The van der Waals surface area contributed by atoms with E-state index in [0.717, 1.165) is 27.2 Å². The summed E-state index contributed by atoms with van der Waals surface area (Å²) in [5.41, 5.74) is 7.91. The molecule has 2 aromatic rings. The lowest BCUT2D eigenvalue weighted by atomic mass is 10.2. The molecule has 1 aliphatic heterocycles. The highest BCUT2D eigenvalue weighted by atomic mass is 79.9. The second kappa shape index (κ2) is 4.20. The van der Waals surface area contributed by atoms with Crippen LogP contribution in [0.5, 0.6) is 11.5 Å². The Morgan fingerprint density at radius 1 is 1.39 bits per heavy atom. The van der Waals surface area contributed by atoms with Gasteiger partial charge in [-0.05, 0) is 40.5 Å². The molecule has 0 bridgehead atoms. The Kier molecular flexibility index (Phi) is 2.66. The second-order valence-corrected chi connectivity index (χ2v) is 4.92. The lowest BCUT2D eigenvalue weighted by Gasteiger charge is -2.05. The summed E-state index contributed by atoms with van der Waals surface area (Å²) in [4.78, 5) is 0. The molecule has 3 rings (SSSR count). The summed E-state index contributed by atoms with van der Waals surface area (Å²) in [6.45, 7) is 2.80. The summed E-state index contributed by atoms with van der Waals surface area (Å²) in [7, 11) is 0. The van der Waals surface area contributed by atoms with E-state index in [1.54, 1.807) is 4.68 Å². The number of hydrogen-bond acceptors (Lipinski definition) is 4. The van der Waals surface area contributed by atoms with Crippen LogP contribution in [-0.2, 0) is 6.54 Å². The Bertz CT molecular complexity index is 610. The normalized spacial score (nSPS) is 13.0. The number of fused-ring (bicyclic) bond motifs is 1. The average Bonchev–Trinajstić information content (AvgIpc) is 2.91. The number of aromatic nitrogens is 2. The van der Waals surface area contributed by atoms with Gasteiger partial charge in [0.1, 0.15) is 5.82 Å². The van der Waals surface area contributed by atoms with Crippen molar-refractivity contribution in [1.29, 1.82) is 0 Å². The SMILES string of the molecule is Cc1nn(Cc2ccc3c(c2)OCO3)c(N)c1Br. The number of anilines is 1. The quantitative estimate of drug-likeness (QED) is 0.924. The number of nitrogens with zero attached hydrogens (tertiary/aromatic N) is 2. The van der Waals surface area contributed by atoms with Crippen LogP contribution in [0.15, 0.2) is 22.7 Å². The van der Waals surface area contributed by atoms with Crippen molar-refractivity contribution in [2.45, 2.75) is 13.5 Å². The average molecular weight is 310 g/mol. The third kappa shape index (κ3) is 1.82. The Morgan fingerprint density at radius 3 is 2.89 bits per heavy atom. The molecule has 0 aliphatic carbocycles. The Morgan fingerprint density at radius 2 is 2.17 bits per heavy atom.